The first-order valence-electron chi connectivity index (χ1n) is 9.93. The highest BCUT2D eigenvalue weighted by Gasteiger charge is 2.22. The number of aromatic hydroxyl groups is 1. The van der Waals surface area contributed by atoms with Gasteiger partial charge in [-0.2, -0.15) is 9.61 Å². The van der Waals surface area contributed by atoms with E-state index in [1.165, 1.54) is 12.8 Å². The minimum absolute atomic E-state index is 0.0614. The van der Waals surface area contributed by atoms with Crippen LogP contribution in [-0.4, -0.2) is 32.2 Å². The number of hydrogen-bond donors (Lipinski definition) is 4. The highest BCUT2D eigenvalue weighted by molar-refractivity contribution is 5.89. The summed E-state index contributed by atoms with van der Waals surface area (Å²) >= 11 is 0. The average molecular weight is 402 g/mol. The minimum atomic E-state index is -0.0614. The molecule has 0 spiro atoms. The summed E-state index contributed by atoms with van der Waals surface area (Å²) in [6.07, 6.45) is 6.43. The predicted molar refractivity (Wildman–Crippen MR) is 115 cm³/mol. The van der Waals surface area contributed by atoms with Gasteiger partial charge in [0.05, 0.1) is 12.6 Å². The molecule has 1 aromatic carbocycles. The summed E-state index contributed by atoms with van der Waals surface area (Å²) in [6.45, 7) is 4.79. The molecule has 1 saturated carbocycles. The van der Waals surface area contributed by atoms with Crippen LogP contribution in [0.5, 0.6) is 5.75 Å². The van der Waals surface area contributed by atoms with Gasteiger partial charge < -0.3 is 21.1 Å². The zero-order valence-corrected chi connectivity index (χ0v) is 16.4. The van der Waals surface area contributed by atoms with Crippen LogP contribution in [0.3, 0.4) is 0 Å². The van der Waals surface area contributed by atoms with Crippen LogP contribution in [-0.2, 0) is 4.79 Å². The molecule has 2 aliphatic rings. The van der Waals surface area contributed by atoms with Crippen molar-refractivity contribution in [1.29, 1.82) is 0 Å². The highest BCUT2D eigenvalue weighted by atomic mass is 16.3. The van der Waals surface area contributed by atoms with Crippen LogP contribution in [0.4, 0.5) is 17.3 Å². The molecule has 8 heteroatoms. The second-order valence-electron chi connectivity index (χ2n) is 7.73. The predicted octanol–water partition coefficient (Wildman–Crippen LogP) is 3.42. The summed E-state index contributed by atoms with van der Waals surface area (Å²) in [7, 11) is 0. The number of phenols is 1. The number of carbonyl (C=O) groups excluding carboxylic acids is 1. The third-order valence-corrected chi connectivity index (χ3v) is 5.25. The molecule has 1 saturated heterocycles. The number of phenolic OH excluding ortho intramolecular Hbond substituents is 1. The molecule has 5 rings (SSSR count). The summed E-state index contributed by atoms with van der Waals surface area (Å²) in [5.41, 5.74) is 3.64. The van der Waals surface area contributed by atoms with Gasteiger partial charge in [-0.05, 0) is 42.5 Å². The van der Waals surface area contributed by atoms with E-state index in [1.54, 1.807) is 28.9 Å². The van der Waals surface area contributed by atoms with Crippen LogP contribution >= 0.6 is 0 Å². The molecule has 0 unspecified atom stereocenters. The molecule has 8 nitrogen and oxygen atoms in total. The number of anilines is 3. The summed E-state index contributed by atoms with van der Waals surface area (Å²) in [4.78, 5) is 16.4. The van der Waals surface area contributed by atoms with Crippen LogP contribution in [0.2, 0.25) is 0 Å². The monoisotopic (exact) mass is 402 g/mol. The standard InChI is InChI=1S/C22H22N6O2/c1-13-15(8-21(30)25-13)7-16-12-24-28-20(23-11-14-5-6-14)10-19(27-22(16)28)26-17-3-2-4-18(29)9-17/h2-4,7,9-10,12,14,23,29H,1,5-6,8,11H2,(H,25,30)(H,26,27)/b15-7+. The van der Waals surface area contributed by atoms with Gasteiger partial charge in [-0.25, -0.2) is 4.98 Å². The number of aromatic nitrogens is 3. The van der Waals surface area contributed by atoms with Crippen LogP contribution in [0, 0.1) is 5.92 Å². The number of rotatable bonds is 6. The van der Waals surface area contributed by atoms with Crippen molar-refractivity contribution in [3.05, 3.63) is 59.9 Å². The van der Waals surface area contributed by atoms with E-state index in [4.69, 9.17) is 4.98 Å². The number of amides is 1. The number of allylic oxidation sites excluding steroid dienone is 1. The molecule has 30 heavy (non-hydrogen) atoms. The van der Waals surface area contributed by atoms with Crippen molar-refractivity contribution in [2.45, 2.75) is 19.3 Å². The van der Waals surface area contributed by atoms with Crippen molar-refractivity contribution in [2.24, 2.45) is 5.92 Å². The van der Waals surface area contributed by atoms with Gasteiger partial charge in [0.15, 0.2) is 5.65 Å². The Morgan fingerprint density at radius 2 is 2.20 bits per heavy atom. The Hall–Kier alpha value is -3.81. The minimum Gasteiger partial charge on any atom is -0.508 e. The number of hydrogen-bond acceptors (Lipinski definition) is 6. The van der Waals surface area contributed by atoms with Gasteiger partial charge in [-0.1, -0.05) is 12.6 Å². The van der Waals surface area contributed by atoms with Crippen molar-refractivity contribution in [3.63, 3.8) is 0 Å². The maximum Gasteiger partial charge on any atom is 0.228 e. The third-order valence-electron chi connectivity index (χ3n) is 5.25. The summed E-state index contributed by atoms with van der Waals surface area (Å²) in [6, 6.07) is 8.80. The zero-order valence-electron chi connectivity index (χ0n) is 16.4. The van der Waals surface area contributed by atoms with Crippen LogP contribution in [0.25, 0.3) is 11.7 Å². The summed E-state index contributed by atoms with van der Waals surface area (Å²) in [5, 5.41) is 23.7. The van der Waals surface area contributed by atoms with Crippen molar-refractivity contribution >= 4 is 35.0 Å². The first-order valence-corrected chi connectivity index (χ1v) is 9.93. The normalized spacial score (nSPS) is 17.5. The fourth-order valence-electron chi connectivity index (χ4n) is 3.47. The molecular weight excluding hydrogens is 380 g/mol. The van der Waals surface area contributed by atoms with E-state index in [2.05, 4.69) is 27.6 Å². The Bertz CT molecular complexity index is 1190. The molecule has 152 valence electrons. The van der Waals surface area contributed by atoms with Crippen molar-refractivity contribution in [3.8, 4) is 5.75 Å². The molecule has 3 heterocycles. The van der Waals surface area contributed by atoms with E-state index < -0.39 is 0 Å². The largest absolute Gasteiger partial charge is 0.508 e. The molecule has 1 aliphatic heterocycles. The van der Waals surface area contributed by atoms with E-state index in [-0.39, 0.29) is 11.7 Å². The SMILES string of the molecule is C=C1NC(=O)C/C1=C\c1cnn2c(NCC3CC3)cc(Nc3cccc(O)c3)nc12. The number of nitrogens with zero attached hydrogens (tertiary/aromatic N) is 3. The lowest BCUT2D eigenvalue weighted by molar-refractivity contribution is -0.118. The quantitative estimate of drug-likeness (QED) is 0.504. The number of fused-ring (bicyclic) bond motifs is 1. The van der Waals surface area contributed by atoms with E-state index in [9.17, 15) is 9.90 Å². The molecule has 0 radical (unpaired) electrons. The maximum atomic E-state index is 11.7. The average Bonchev–Trinajstić information content (AvgIpc) is 3.37. The molecule has 2 aromatic heterocycles. The molecular formula is C22H22N6O2. The Morgan fingerprint density at radius 3 is 2.93 bits per heavy atom. The van der Waals surface area contributed by atoms with Crippen LogP contribution in [0.15, 0.2) is 54.4 Å². The fourth-order valence-corrected chi connectivity index (χ4v) is 3.47. The van der Waals surface area contributed by atoms with Gasteiger partial charge in [0, 0.05) is 35.6 Å². The molecule has 3 aromatic rings. The molecule has 2 fully saturated rings. The Labute approximate surface area is 173 Å². The van der Waals surface area contributed by atoms with Gasteiger partial charge in [0.2, 0.25) is 5.91 Å². The molecule has 4 N–H and O–H groups in total. The topological polar surface area (TPSA) is 104 Å². The number of carbonyl (C=O) groups is 1. The lowest BCUT2D eigenvalue weighted by Gasteiger charge is -2.12. The summed E-state index contributed by atoms with van der Waals surface area (Å²) < 4.78 is 1.77. The lowest BCUT2D eigenvalue weighted by Crippen LogP contribution is -2.10. The Kier molecular flexibility index (Phi) is 4.39. The molecule has 0 bridgehead atoms. The second-order valence-corrected chi connectivity index (χ2v) is 7.73. The zero-order chi connectivity index (χ0) is 20.7. The van der Waals surface area contributed by atoms with E-state index in [0.717, 1.165) is 29.2 Å². The summed E-state index contributed by atoms with van der Waals surface area (Å²) in [5.74, 6) is 2.28. The molecule has 1 amide bonds. The van der Waals surface area contributed by atoms with E-state index in [1.807, 2.05) is 18.2 Å². The maximum absolute atomic E-state index is 11.7. The molecule has 1 aliphatic carbocycles. The number of benzene rings is 1. The van der Waals surface area contributed by atoms with Crippen molar-refractivity contribution in [2.75, 3.05) is 17.2 Å². The first-order chi connectivity index (χ1) is 14.5. The molecule has 0 atom stereocenters. The Morgan fingerprint density at radius 1 is 1.33 bits per heavy atom. The first kappa shape index (κ1) is 18.2. The van der Waals surface area contributed by atoms with Gasteiger partial charge >= 0.3 is 0 Å². The second kappa shape index (κ2) is 7.22. The van der Waals surface area contributed by atoms with E-state index >= 15 is 0 Å². The van der Waals surface area contributed by atoms with E-state index in [0.29, 0.717) is 29.5 Å². The van der Waals surface area contributed by atoms with Gasteiger partial charge in [0.1, 0.15) is 17.4 Å². The van der Waals surface area contributed by atoms with Gasteiger partial charge in [0.25, 0.3) is 0 Å². The van der Waals surface area contributed by atoms with Crippen LogP contribution < -0.4 is 16.0 Å². The van der Waals surface area contributed by atoms with Crippen molar-refractivity contribution < 1.29 is 9.90 Å². The fraction of sp³-hybridized carbons (Fsp3) is 0.227. The van der Waals surface area contributed by atoms with Crippen LogP contribution in [0.1, 0.15) is 24.8 Å². The highest BCUT2D eigenvalue weighted by Crippen LogP contribution is 2.30. The van der Waals surface area contributed by atoms with Gasteiger partial charge in [-0.3, -0.25) is 4.79 Å². The van der Waals surface area contributed by atoms with Crippen molar-refractivity contribution in [1.82, 2.24) is 19.9 Å². The lowest BCUT2D eigenvalue weighted by atomic mass is 10.1. The number of nitrogens with one attached hydrogen (secondary N) is 3. The smallest absolute Gasteiger partial charge is 0.228 e. The Balaban J connectivity index is 1.55. The third kappa shape index (κ3) is 3.71. The van der Waals surface area contributed by atoms with Gasteiger partial charge in [-0.15, -0.1) is 0 Å².